The van der Waals surface area contributed by atoms with Crippen molar-refractivity contribution in [2.24, 2.45) is 0 Å². The van der Waals surface area contributed by atoms with Crippen LogP contribution >= 0.6 is 69.6 Å². The van der Waals surface area contributed by atoms with Crippen LogP contribution in [0.1, 0.15) is 38.8 Å². The van der Waals surface area contributed by atoms with Crippen LogP contribution in [0.15, 0.2) is 84.9 Å². The molecule has 4 aromatic rings. The highest BCUT2D eigenvalue weighted by Gasteiger charge is 2.49. The number of Topliss-reactive ketones (excluding diaryl/α,β-unsaturated/α-hetero) is 1. The Labute approximate surface area is 276 Å². The van der Waals surface area contributed by atoms with E-state index in [9.17, 15) is 4.79 Å². The van der Waals surface area contributed by atoms with Gasteiger partial charge in [-0.3, -0.25) is 4.79 Å². The van der Waals surface area contributed by atoms with Gasteiger partial charge in [-0.15, -0.1) is 0 Å². The first-order valence-corrected chi connectivity index (χ1v) is 15.3. The van der Waals surface area contributed by atoms with E-state index in [0.29, 0.717) is 10.0 Å². The van der Waals surface area contributed by atoms with Gasteiger partial charge >= 0.3 is 0 Å². The summed E-state index contributed by atoms with van der Waals surface area (Å²) in [6, 6.07) is 25.2. The van der Waals surface area contributed by atoms with Crippen molar-refractivity contribution in [1.82, 2.24) is 0 Å². The molecule has 9 heteroatoms. The smallest absolute Gasteiger partial charge is 0.215 e. The summed E-state index contributed by atoms with van der Waals surface area (Å²) >= 11 is 38.5. The van der Waals surface area contributed by atoms with Crippen LogP contribution in [0.4, 0.5) is 0 Å². The number of rotatable bonds is 10. The monoisotopic (exact) mass is 682 g/mol. The van der Waals surface area contributed by atoms with E-state index in [1.807, 2.05) is 88.4 Å². The van der Waals surface area contributed by atoms with Crippen molar-refractivity contribution in [3.63, 3.8) is 0 Å². The molecule has 42 heavy (non-hydrogen) atoms. The molecule has 0 saturated carbocycles. The Hall–Kier alpha value is -2.11. The molecular weight excluding hydrogens is 657 g/mol. The van der Waals surface area contributed by atoms with Crippen LogP contribution in [-0.4, -0.2) is 18.0 Å². The molecule has 4 rings (SSSR count). The van der Waals surface area contributed by atoms with Crippen molar-refractivity contribution >= 4 is 75.4 Å². The highest BCUT2D eigenvalue weighted by atomic mass is 35.5. The molecule has 0 N–H and O–H groups in total. The molecule has 0 heterocycles. The summed E-state index contributed by atoms with van der Waals surface area (Å²) in [5, 5.41) is 1.33. The fourth-order valence-corrected chi connectivity index (χ4v) is 6.63. The van der Waals surface area contributed by atoms with Crippen LogP contribution in [0.3, 0.4) is 0 Å². The third-order valence-corrected chi connectivity index (χ3v) is 8.82. The van der Waals surface area contributed by atoms with Crippen molar-refractivity contribution in [2.75, 3.05) is 0 Å². The van der Waals surface area contributed by atoms with Crippen LogP contribution in [0.25, 0.3) is 0 Å². The van der Waals surface area contributed by atoms with Crippen molar-refractivity contribution in [3.05, 3.63) is 126 Å². The predicted octanol–water partition coefficient (Wildman–Crippen LogP) is 11.3. The van der Waals surface area contributed by atoms with E-state index in [4.69, 9.17) is 79.1 Å². The van der Waals surface area contributed by atoms with Crippen LogP contribution in [0.2, 0.25) is 30.1 Å². The molecule has 0 radical (unpaired) electrons. The maximum atomic E-state index is 15.0. The van der Waals surface area contributed by atoms with E-state index in [2.05, 4.69) is 0 Å². The van der Waals surface area contributed by atoms with E-state index in [-0.39, 0.29) is 37.4 Å². The lowest BCUT2D eigenvalue weighted by Gasteiger charge is -2.40. The first-order valence-electron chi connectivity index (χ1n) is 13.0. The Morgan fingerprint density at radius 3 is 1.12 bits per heavy atom. The molecule has 0 aromatic heterocycles. The van der Waals surface area contributed by atoms with Crippen molar-refractivity contribution in [1.29, 1.82) is 0 Å². The van der Waals surface area contributed by atoms with Gasteiger partial charge in [-0.25, -0.2) is 0 Å². The second-order valence-electron chi connectivity index (χ2n) is 11.0. The van der Waals surface area contributed by atoms with Gasteiger partial charge in [0.05, 0.1) is 20.1 Å². The average Bonchev–Trinajstić information content (AvgIpc) is 2.92. The Balaban J connectivity index is 1.92. The van der Waals surface area contributed by atoms with E-state index in [0.717, 1.165) is 11.1 Å². The second kappa shape index (κ2) is 13.3. The Kier molecular flexibility index (Phi) is 10.4. The van der Waals surface area contributed by atoms with Gasteiger partial charge in [0.15, 0.2) is 23.7 Å². The largest absolute Gasteiger partial charge is 0.478 e. The fourth-order valence-electron chi connectivity index (χ4n) is 4.82. The maximum Gasteiger partial charge on any atom is 0.215 e. The zero-order valence-corrected chi connectivity index (χ0v) is 27.8. The highest BCUT2D eigenvalue weighted by Crippen LogP contribution is 2.43. The summed E-state index contributed by atoms with van der Waals surface area (Å²) < 4.78 is 13.0. The van der Waals surface area contributed by atoms with Gasteiger partial charge in [0.1, 0.15) is 0 Å². The fraction of sp³-hybridized carbons (Fsp3) is 0.242. The first kappa shape index (κ1) is 32.8. The second-order valence-corrected chi connectivity index (χ2v) is 13.5. The Morgan fingerprint density at radius 1 is 0.548 bits per heavy atom. The van der Waals surface area contributed by atoms with E-state index in [1.54, 1.807) is 0 Å². The summed E-state index contributed by atoms with van der Waals surface area (Å²) in [7, 11) is 0. The molecule has 4 aromatic carbocycles. The van der Waals surface area contributed by atoms with Crippen LogP contribution < -0.4 is 9.47 Å². The standard InChI is InChI=1S/C33H28Cl6O3/c1-32(2,19-11-7-5-8-12-19)30(41-28-23(36)15-21(34)16-24(28)37)27(40)31(33(3,4)20-13-9-6-10-14-20)42-29-25(38)17-22(35)18-26(29)39/h5-18,30-31H,1-4H3. The van der Waals surface area contributed by atoms with Crippen molar-refractivity contribution < 1.29 is 14.3 Å². The summed E-state index contributed by atoms with van der Waals surface area (Å²) in [5.41, 5.74) is -0.0917. The molecule has 0 aliphatic carbocycles. The summed E-state index contributed by atoms with van der Waals surface area (Å²) in [5.74, 6) is -0.130. The zero-order chi connectivity index (χ0) is 30.8. The van der Waals surface area contributed by atoms with Gasteiger partial charge in [-0.1, -0.05) is 158 Å². The van der Waals surface area contributed by atoms with Crippen LogP contribution in [-0.2, 0) is 15.6 Å². The van der Waals surface area contributed by atoms with E-state index in [1.165, 1.54) is 24.3 Å². The number of carbonyl (C=O) groups is 1. The Bertz CT molecular complexity index is 1410. The van der Waals surface area contributed by atoms with Crippen molar-refractivity contribution in [2.45, 2.75) is 50.7 Å². The third-order valence-electron chi connectivity index (χ3n) is 7.26. The van der Waals surface area contributed by atoms with Gasteiger partial charge in [0.2, 0.25) is 5.78 Å². The maximum absolute atomic E-state index is 15.0. The zero-order valence-electron chi connectivity index (χ0n) is 23.2. The summed E-state index contributed by atoms with van der Waals surface area (Å²) in [6.07, 6.45) is -2.29. The minimum Gasteiger partial charge on any atom is -0.478 e. The molecule has 2 atom stereocenters. The molecule has 0 bridgehead atoms. The Morgan fingerprint density at radius 2 is 0.833 bits per heavy atom. The number of carbonyl (C=O) groups excluding carboxylic acids is 1. The molecule has 220 valence electrons. The van der Waals surface area contributed by atoms with Gasteiger partial charge < -0.3 is 9.47 Å². The first-order chi connectivity index (χ1) is 19.7. The van der Waals surface area contributed by atoms with Crippen LogP contribution in [0, 0.1) is 0 Å². The lowest BCUT2D eigenvalue weighted by atomic mass is 9.71. The molecule has 0 amide bonds. The predicted molar refractivity (Wildman–Crippen MR) is 176 cm³/mol. The number of benzene rings is 4. The SMILES string of the molecule is CC(C)(c1ccccc1)C(Oc1c(Cl)cc(Cl)cc1Cl)C(=O)C(Oc1c(Cl)cc(Cl)cc1Cl)C(C)(C)c1ccccc1. The van der Waals surface area contributed by atoms with E-state index >= 15 is 0 Å². The number of hydrogen-bond acceptors (Lipinski definition) is 3. The van der Waals surface area contributed by atoms with Gasteiger partial charge in [-0.2, -0.15) is 0 Å². The molecule has 0 spiro atoms. The molecule has 2 unspecified atom stereocenters. The minimum absolute atomic E-state index is 0.129. The van der Waals surface area contributed by atoms with Crippen molar-refractivity contribution in [3.8, 4) is 11.5 Å². The topological polar surface area (TPSA) is 35.5 Å². The molecule has 3 nitrogen and oxygen atoms in total. The molecule has 0 aliphatic heterocycles. The third kappa shape index (κ3) is 6.99. The minimum atomic E-state index is -1.14. The van der Waals surface area contributed by atoms with E-state index < -0.39 is 23.0 Å². The molecular formula is C33H28Cl6O3. The number of ether oxygens (including phenoxy) is 2. The summed E-state index contributed by atoms with van der Waals surface area (Å²) in [6.45, 7) is 7.66. The van der Waals surface area contributed by atoms with Crippen LogP contribution in [0.5, 0.6) is 11.5 Å². The molecule has 0 aliphatic rings. The highest BCUT2D eigenvalue weighted by molar-refractivity contribution is 6.41. The van der Waals surface area contributed by atoms with Gasteiger partial charge in [0, 0.05) is 20.9 Å². The normalized spacial score (nSPS) is 13.4. The number of hydrogen-bond donors (Lipinski definition) is 0. The number of ketones is 1. The molecule has 0 saturated heterocycles. The van der Waals surface area contributed by atoms with Gasteiger partial charge in [-0.05, 0) is 35.4 Å². The summed E-state index contributed by atoms with van der Waals surface area (Å²) in [4.78, 5) is 15.0. The lowest BCUT2D eigenvalue weighted by molar-refractivity contribution is -0.138. The number of halogens is 6. The molecule has 0 fully saturated rings. The quantitative estimate of drug-likeness (QED) is 0.167. The average molecular weight is 685 g/mol. The van der Waals surface area contributed by atoms with Gasteiger partial charge in [0.25, 0.3) is 0 Å². The lowest BCUT2D eigenvalue weighted by Crippen LogP contribution is -2.55.